The minimum absolute atomic E-state index is 0.112. The van der Waals surface area contributed by atoms with Crippen LogP contribution in [0.1, 0.15) is 12.8 Å². The fourth-order valence-electron chi connectivity index (χ4n) is 4.53. The van der Waals surface area contributed by atoms with Crippen LogP contribution in [-0.4, -0.2) is 72.7 Å². The van der Waals surface area contributed by atoms with Gasteiger partial charge in [-0.2, -0.15) is 0 Å². The van der Waals surface area contributed by atoms with Gasteiger partial charge in [0.1, 0.15) is 6.04 Å². The van der Waals surface area contributed by atoms with Gasteiger partial charge < -0.3 is 10.4 Å². The Bertz CT molecular complexity index is 341. The van der Waals surface area contributed by atoms with Crippen molar-refractivity contribution >= 4 is 5.97 Å². The van der Waals surface area contributed by atoms with E-state index < -0.39 is 12.0 Å². The van der Waals surface area contributed by atoms with E-state index in [1.807, 2.05) is 0 Å². The van der Waals surface area contributed by atoms with Crippen LogP contribution in [0.2, 0.25) is 0 Å². The number of nitrogens with zero attached hydrogens (tertiary/aromatic N) is 2. The Morgan fingerprint density at radius 1 is 1.39 bits per heavy atom. The molecule has 0 saturated carbocycles. The number of piperidine rings is 3. The molecule has 4 heterocycles. The third-order valence-corrected chi connectivity index (χ3v) is 5.32. The summed E-state index contributed by atoms with van der Waals surface area (Å²) in [6.07, 6.45) is 2.61. The minimum atomic E-state index is -0.724. The summed E-state index contributed by atoms with van der Waals surface area (Å²) in [6.45, 7) is 3.38. The van der Waals surface area contributed by atoms with Crippen LogP contribution in [0.4, 0.5) is 0 Å². The molecule has 4 atom stereocenters. The van der Waals surface area contributed by atoms with Gasteiger partial charge in [-0.25, -0.2) is 0 Å². The predicted molar refractivity (Wildman–Crippen MR) is 68.5 cm³/mol. The van der Waals surface area contributed by atoms with Gasteiger partial charge in [0.25, 0.3) is 0 Å². The Balaban J connectivity index is 1.88. The van der Waals surface area contributed by atoms with Crippen molar-refractivity contribution in [2.45, 2.75) is 31.0 Å². The van der Waals surface area contributed by atoms with E-state index in [9.17, 15) is 9.90 Å². The fourth-order valence-corrected chi connectivity index (χ4v) is 4.53. The molecule has 4 aliphatic rings. The SMILES string of the molecule is CNC(C(=O)O)C1C2C(CN1C)C1CCN2CC1. The summed E-state index contributed by atoms with van der Waals surface area (Å²) < 4.78 is 0. The van der Waals surface area contributed by atoms with Crippen molar-refractivity contribution in [1.82, 2.24) is 15.1 Å². The van der Waals surface area contributed by atoms with E-state index in [0.29, 0.717) is 12.0 Å². The second-order valence-electron chi connectivity index (χ2n) is 6.06. The molecule has 4 saturated heterocycles. The highest BCUT2D eigenvalue weighted by molar-refractivity contribution is 5.74. The van der Waals surface area contributed by atoms with E-state index in [4.69, 9.17) is 0 Å². The Kier molecular flexibility index (Phi) is 3.08. The maximum Gasteiger partial charge on any atom is 0.322 e. The Morgan fingerprint density at radius 3 is 2.61 bits per heavy atom. The zero-order valence-electron chi connectivity index (χ0n) is 11.2. The van der Waals surface area contributed by atoms with Gasteiger partial charge in [-0.05, 0) is 51.9 Å². The van der Waals surface area contributed by atoms with E-state index in [2.05, 4.69) is 22.2 Å². The summed E-state index contributed by atoms with van der Waals surface area (Å²) in [5.74, 6) is 0.772. The summed E-state index contributed by atoms with van der Waals surface area (Å²) >= 11 is 0. The average molecular weight is 253 g/mol. The topological polar surface area (TPSA) is 55.8 Å². The maximum atomic E-state index is 11.4. The second-order valence-corrected chi connectivity index (χ2v) is 6.06. The summed E-state index contributed by atoms with van der Waals surface area (Å²) in [4.78, 5) is 16.2. The fraction of sp³-hybridized carbons (Fsp3) is 0.923. The third kappa shape index (κ3) is 1.68. The van der Waals surface area contributed by atoms with Crippen molar-refractivity contribution in [2.75, 3.05) is 33.7 Å². The highest BCUT2D eigenvalue weighted by Crippen LogP contribution is 2.44. The first kappa shape index (κ1) is 12.4. The van der Waals surface area contributed by atoms with Crippen LogP contribution in [0.5, 0.6) is 0 Å². The van der Waals surface area contributed by atoms with Crippen molar-refractivity contribution in [3.05, 3.63) is 0 Å². The lowest BCUT2D eigenvalue weighted by Gasteiger charge is -2.50. The molecule has 102 valence electrons. The number of fused-ring (bicyclic) bond motifs is 2. The molecular weight excluding hydrogens is 230 g/mol. The Morgan fingerprint density at radius 2 is 2.06 bits per heavy atom. The molecule has 2 bridgehead atoms. The van der Waals surface area contributed by atoms with Crippen molar-refractivity contribution in [2.24, 2.45) is 11.8 Å². The van der Waals surface area contributed by atoms with E-state index in [-0.39, 0.29) is 6.04 Å². The Labute approximate surface area is 108 Å². The van der Waals surface area contributed by atoms with Crippen LogP contribution in [0.25, 0.3) is 0 Å². The number of nitrogens with one attached hydrogen (secondary N) is 1. The average Bonchev–Trinajstić information content (AvgIpc) is 2.71. The number of carbonyl (C=O) groups is 1. The summed E-state index contributed by atoms with van der Waals surface area (Å²) in [5, 5.41) is 12.4. The molecule has 0 spiro atoms. The summed E-state index contributed by atoms with van der Waals surface area (Å²) in [6, 6.07) is 0.0981. The van der Waals surface area contributed by atoms with Crippen LogP contribution >= 0.6 is 0 Å². The van der Waals surface area contributed by atoms with Gasteiger partial charge in [0.2, 0.25) is 0 Å². The summed E-state index contributed by atoms with van der Waals surface area (Å²) in [7, 11) is 3.84. The van der Waals surface area contributed by atoms with E-state index in [1.165, 1.54) is 12.8 Å². The molecule has 0 aromatic rings. The van der Waals surface area contributed by atoms with Gasteiger partial charge in [-0.15, -0.1) is 0 Å². The van der Waals surface area contributed by atoms with E-state index in [0.717, 1.165) is 25.6 Å². The van der Waals surface area contributed by atoms with E-state index in [1.54, 1.807) is 7.05 Å². The monoisotopic (exact) mass is 253 g/mol. The first-order chi connectivity index (χ1) is 8.63. The molecule has 4 fully saturated rings. The number of carboxylic acids is 1. The molecule has 18 heavy (non-hydrogen) atoms. The first-order valence-electron chi connectivity index (χ1n) is 6.98. The van der Waals surface area contributed by atoms with Gasteiger partial charge in [-0.1, -0.05) is 0 Å². The quantitative estimate of drug-likeness (QED) is 0.722. The summed E-state index contributed by atoms with van der Waals surface area (Å²) in [5.41, 5.74) is 0. The molecule has 0 aliphatic carbocycles. The largest absolute Gasteiger partial charge is 0.480 e. The van der Waals surface area contributed by atoms with Crippen LogP contribution in [0, 0.1) is 11.8 Å². The molecule has 2 N–H and O–H groups in total. The predicted octanol–water partition coefficient (Wildman–Crippen LogP) is -0.317. The number of likely N-dealkylation sites (N-methyl/N-ethyl adjacent to an activating group) is 2. The van der Waals surface area contributed by atoms with Crippen molar-refractivity contribution in [1.29, 1.82) is 0 Å². The normalized spacial score (nSPS) is 44.9. The third-order valence-electron chi connectivity index (χ3n) is 5.32. The molecule has 5 nitrogen and oxygen atoms in total. The van der Waals surface area contributed by atoms with Crippen LogP contribution in [0.15, 0.2) is 0 Å². The highest BCUT2D eigenvalue weighted by atomic mass is 16.4. The molecule has 0 amide bonds. The zero-order valence-corrected chi connectivity index (χ0v) is 11.2. The lowest BCUT2D eigenvalue weighted by Crippen LogP contribution is -2.62. The van der Waals surface area contributed by atoms with Gasteiger partial charge >= 0.3 is 5.97 Å². The molecule has 4 unspecified atom stereocenters. The highest BCUT2D eigenvalue weighted by Gasteiger charge is 2.54. The number of hydrogen-bond donors (Lipinski definition) is 2. The van der Waals surface area contributed by atoms with Crippen molar-refractivity contribution < 1.29 is 9.90 Å². The minimum Gasteiger partial charge on any atom is -0.480 e. The van der Waals surface area contributed by atoms with Gasteiger partial charge in [0.05, 0.1) is 6.04 Å². The lowest BCUT2D eigenvalue weighted by molar-refractivity contribution is -0.141. The number of aliphatic carboxylic acids is 1. The number of hydrogen-bond acceptors (Lipinski definition) is 4. The smallest absolute Gasteiger partial charge is 0.322 e. The second kappa shape index (κ2) is 4.47. The van der Waals surface area contributed by atoms with Gasteiger partial charge in [-0.3, -0.25) is 14.6 Å². The molecule has 0 radical (unpaired) electrons. The van der Waals surface area contributed by atoms with Crippen LogP contribution < -0.4 is 5.32 Å². The molecule has 4 aliphatic heterocycles. The molecular formula is C13H23N3O2. The van der Waals surface area contributed by atoms with E-state index >= 15 is 0 Å². The lowest BCUT2D eigenvalue weighted by atomic mass is 9.73. The standard InChI is InChI=1S/C13H23N3O2/c1-14-10(13(17)18)12-11-9(7-15(12)2)8-3-5-16(11)6-4-8/h8-12,14H,3-7H2,1-2H3,(H,17,18). The van der Waals surface area contributed by atoms with Crippen LogP contribution in [0.3, 0.4) is 0 Å². The van der Waals surface area contributed by atoms with Crippen LogP contribution in [-0.2, 0) is 4.79 Å². The number of rotatable bonds is 3. The number of carboxylic acid groups (broad SMARTS) is 1. The Hall–Kier alpha value is -0.650. The molecule has 0 aromatic heterocycles. The number of likely N-dealkylation sites (tertiary alicyclic amines) is 1. The zero-order chi connectivity index (χ0) is 12.9. The maximum absolute atomic E-state index is 11.4. The first-order valence-corrected chi connectivity index (χ1v) is 6.98. The molecule has 4 rings (SSSR count). The molecule has 0 aromatic carbocycles. The molecule has 5 heteroatoms. The van der Waals surface area contributed by atoms with Gasteiger partial charge in [0.15, 0.2) is 0 Å². The van der Waals surface area contributed by atoms with Gasteiger partial charge in [0, 0.05) is 12.6 Å². The van der Waals surface area contributed by atoms with Crippen molar-refractivity contribution in [3.8, 4) is 0 Å². The van der Waals surface area contributed by atoms with Crippen molar-refractivity contribution in [3.63, 3.8) is 0 Å².